The predicted octanol–water partition coefficient (Wildman–Crippen LogP) is 3.96. The van der Waals surface area contributed by atoms with Crippen molar-refractivity contribution in [2.24, 2.45) is 5.92 Å². The van der Waals surface area contributed by atoms with Gasteiger partial charge in [0, 0.05) is 43.6 Å². The van der Waals surface area contributed by atoms with Crippen LogP contribution in [0.15, 0.2) is 41.2 Å². The number of carbonyl (C=O) groups excluding carboxylic acids is 2. The van der Waals surface area contributed by atoms with E-state index in [2.05, 4.69) is 25.5 Å². The van der Waals surface area contributed by atoms with Crippen molar-refractivity contribution >= 4 is 45.9 Å². The Balaban J connectivity index is 1.30. The lowest BCUT2D eigenvalue weighted by Gasteiger charge is -2.38. The molecule has 1 aliphatic heterocycles. The zero-order valence-electron chi connectivity index (χ0n) is 18.6. The number of fused-ring (bicyclic) bond motifs is 1. The van der Waals surface area contributed by atoms with Gasteiger partial charge in [-0.2, -0.15) is 0 Å². The maximum absolute atomic E-state index is 13.2. The molecule has 2 amide bonds. The standard InChI is InChI=1S/C24H26ClN5O4/c25-16-3-6-20(27-13-16)28-24(32)22-21(18-14-26-8-7-19(18)34-22)29-23(31)15-1-4-17(5-2-15)30-9-11-33-12-10-30/h3,6-8,13-15,17H,1-2,4-5,9-12H2,(H,29,31)(H,27,28,32)/t15-,17-. The van der Waals surface area contributed by atoms with Crippen molar-refractivity contribution in [3.05, 3.63) is 47.6 Å². The molecule has 0 radical (unpaired) electrons. The molecule has 2 aliphatic rings. The Morgan fingerprint density at radius 1 is 1.03 bits per heavy atom. The second-order valence-corrected chi connectivity index (χ2v) is 9.07. The van der Waals surface area contributed by atoms with Crippen molar-refractivity contribution in [1.29, 1.82) is 0 Å². The predicted molar refractivity (Wildman–Crippen MR) is 128 cm³/mol. The van der Waals surface area contributed by atoms with Crippen LogP contribution < -0.4 is 10.6 Å². The van der Waals surface area contributed by atoms with Crippen LogP contribution in [-0.2, 0) is 9.53 Å². The normalized spacial score (nSPS) is 21.3. The first-order valence-electron chi connectivity index (χ1n) is 11.5. The maximum atomic E-state index is 13.2. The number of pyridine rings is 2. The van der Waals surface area contributed by atoms with Gasteiger partial charge in [-0.15, -0.1) is 0 Å². The fraction of sp³-hybridized carbons (Fsp3) is 0.417. The highest BCUT2D eigenvalue weighted by Gasteiger charge is 2.32. The van der Waals surface area contributed by atoms with E-state index in [1.54, 1.807) is 30.6 Å². The van der Waals surface area contributed by atoms with Crippen molar-refractivity contribution in [3.63, 3.8) is 0 Å². The highest BCUT2D eigenvalue weighted by molar-refractivity contribution is 6.30. The molecule has 3 aromatic rings. The Bertz CT molecular complexity index is 1170. The molecule has 34 heavy (non-hydrogen) atoms. The summed E-state index contributed by atoms with van der Waals surface area (Å²) in [6, 6.07) is 5.38. The zero-order chi connectivity index (χ0) is 23.5. The Morgan fingerprint density at radius 2 is 1.82 bits per heavy atom. The summed E-state index contributed by atoms with van der Waals surface area (Å²) in [5.74, 6) is -0.405. The van der Waals surface area contributed by atoms with E-state index in [1.807, 2.05) is 0 Å². The molecule has 3 aromatic heterocycles. The lowest BCUT2D eigenvalue weighted by Crippen LogP contribution is -2.45. The summed E-state index contributed by atoms with van der Waals surface area (Å²) in [6.07, 6.45) is 8.16. The van der Waals surface area contributed by atoms with Crippen LogP contribution in [-0.4, -0.2) is 59.0 Å². The SMILES string of the molecule is O=C(Nc1ccc(Cl)cn1)c1oc2ccncc2c1NC(=O)[C@H]1CC[C@H](N2CCOCC2)CC1. The van der Waals surface area contributed by atoms with Gasteiger partial charge in [0.2, 0.25) is 11.7 Å². The Labute approximate surface area is 201 Å². The summed E-state index contributed by atoms with van der Waals surface area (Å²) in [7, 11) is 0. The highest BCUT2D eigenvalue weighted by atomic mass is 35.5. The van der Waals surface area contributed by atoms with Crippen molar-refractivity contribution in [3.8, 4) is 0 Å². The topological polar surface area (TPSA) is 110 Å². The number of rotatable bonds is 5. The van der Waals surface area contributed by atoms with E-state index in [4.69, 9.17) is 20.8 Å². The summed E-state index contributed by atoms with van der Waals surface area (Å²) < 4.78 is 11.3. The van der Waals surface area contributed by atoms with E-state index in [-0.39, 0.29) is 17.6 Å². The molecule has 0 atom stereocenters. The summed E-state index contributed by atoms with van der Waals surface area (Å²) in [4.78, 5) is 36.9. The second-order valence-electron chi connectivity index (χ2n) is 8.64. The average molecular weight is 484 g/mol. The first-order valence-corrected chi connectivity index (χ1v) is 11.9. The van der Waals surface area contributed by atoms with Crippen molar-refractivity contribution in [2.45, 2.75) is 31.7 Å². The van der Waals surface area contributed by atoms with Crippen LogP contribution in [0.3, 0.4) is 0 Å². The number of furan rings is 1. The largest absolute Gasteiger partial charge is 0.448 e. The van der Waals surface area contributed by atoms with Crippen LogP contribution in [0.5, 0.6) is 0 Å². The molecule has 9 nitrogen and oxygen atoms in total. The minimum absolute atomic E-state index is 0.00935. The number of carbonyl (C=O) groups is 2. The molecule has 0 unspecified atom stereocenters. The van der Waals surface area contributed by atoms with E-state index in [0.29, 0.717) is 33.5 Å². The third kappa shape index (κ3) is 4.91. The van der Waals surface area contributed by atoms with Crippen molar-refractivity contribution in [2.75, 3.05) is 36.9 Å². The van der Waals surface area contributed by atoms with Gasteiger partial charge in [0.05, 0.1) is 23.6 Å². The van der Waals surface area contributed by atoms with Gasteiger partial charge in [0.15, 0.2) is 0 Å². The van der Waals surface area contributed by atoms with Gasteiger partial charge in [-0.1, -0.05) is 11.6 Å². The average Bonchev–Trinajstić information content (AvgIpc) is 3.24. The van der Waals surface area contributed by atoms with Crippen molar-refractivity contribution < 1.29 is 18.7 Å². The number of amides is 2. The fourth-order valence-electron chi connectivity index (χ4n) is 4.72. The first kappa shape index (κ1) is 22.8. The Morgan fingerprint density at radius 3 is 2.56 bits per heavy atom. The summed E-state index contributed by atoms with van der Waals surface area (Å²) in [6.45, 7) is 3.46. The Kier molecular flexibility index (Phi) is 6.75. The molecule has 5 rings (SSSR count). The van der Waals surface area contributed by atoms with Gasteiger partial charge < -0.3 is 19.8 Å². The first-order chi connectivity index (χ1) is 16.6. The van der Waals surface area contributed by atoms with Gasteiger partial charge in [-0.25, -0.2) is 4.98 Å². The van der Waals surface area contributed by atoms with E-state index < -0.39 is 5.91 Å². The number of anilines is 2. The number of nitrogens with one attached hydrogen (secondary N) is 2. The molecule has 4 heterocycles. The van der Waals surface area contributed by atoms with Crippen LogP contribution in [0.4, 0.5) is 11.5 Å². The molecule has 1 saturated carbocycles. The molecule has 0 aromatic carbocycles. The number of nitrogens with zero attached hydrogens (tertiary/aromatic N) is 3. The monoisotopic (exact) mass is 483 g/mol. The number of halogens is 1. The molecule has 10 heteroatoms. The molecule has 2 fully saturated rings. The summed E-state index contributed by atoms with van der Waals surface area (Å²) in [5, 5.41) is 6.69. The van der Waals surface area contributed by atoms with E-state index in [9.17, 15) is 9.59 Å². The Hall–Kier alpha value is -3.01. The maximum Gasteiger partial charge on any atom is 0.294 e. The summed E-state index contributed by atoms with van der Waals surface area (Å²) >= 11 is 5.87. The van der Waals surface area contributed by atoms with E-state index in [0.717, 1.165) is 52.0 Å². The van der Waals surface area contributed by atoms with Crippen molar-refractivity contribution in [1.82, 2.24) is 14.9 Å². The zero-order valence-corrected chi connectivity index (χ0v) is 19.4. The molecular weight excluding hydrogens is 458 g/mol. The number of ether oxygens (including phenoxy) is 1. The number of hydrogen-bond donors (Lipinski definition) is 2. The van der Waals surface area contributed by atoms with E-state index >= 15 is 0 Å². The van der Waals surface area contributed by atoms with E-state index in [1.165, 1.54) is 6.20 Å². The molecule has 2 N–H and O–H groups in total. The van der Waals surface area contributed by atoms with Crippen LogP contribution in [0, 0.1) is 5.92 Å². The minimum Gasteiger partial charge on any atom is -0.448 e. The second kappa shape index (κ2) is 10.1. The number of hydrogen-bond acceptors (Lipinski definition) is 7. The molecule has 0 bridgehead atoms. The van der Waals surface area contributed by atoms with Gasteiger partial charge >= 0.3 is 0 Å². The highest BCUT2D eigenvalue weighted by Crippen LogP contribution is 2.34. The quantitative estimate of drug-likeness (QED) is 0.565. The van der Waals surface area contributed by atoms with Crippen LogP contribution in [0.2, 0.25) is 5.02 Å². The molecular formula is C24H26ClN5O4. The fourth-order valence-corrected chi connectivity index (χ4v) is 4.83. The molecule has 0 spiro atoms. The molecule has 1 saturated heterocycles. The minimum atomic E-state index is -0.516. The van der Waals surface area contributed by atoms with Crippen LogP contribution in [0.25, 0.3) is 11.0 Å². The van der Waals surface area contributed by atoms with Crippen LogP contribution in [0.1, 0.15) is 36.2 Å². The number of morpholine rings is 1. The summed E-state index contributed by atoms with van der Waals surface area (Å²) in [5.41, 5.74) is 0.797. The third-order valence-corrected chi connectivity index (χ3v) is 6.77. The van der Waals surface area contributed by atoms with Gasteiger partial charge in [0.25, 0.3) is 5.91 Å². The third-order valence-electron chi connectivity index (χ3n) is 6.54. The van der Waals surface area contributed by atoms with Gasteiger partial charge in [0.1, 0.15) is 17.1 Å². The lowest BCUT2D eigenvalue weighted by atomic mass is 9.84. The lowest BCUT2D eigenvalue weighted by molar-refractivity contribution is -0.121. The van der Waals surface area contributed by atoms with Gasteiger partial charge in [-0.3, -0.25) is 19.5 Å². The molecule has 1 aliphatic carbocycles. The number of aromatic nitrogens is 2. The van der Waals surface area contributed by atoms with Gasteiger partial charge in [-0.05, 0) is 43.9 Å². The molecule has 178 valence electrons. The smallest absolute Gasteiger partial charge is 0.294 e. The van der Waals surface area contributed by atoms with Crippen LogP contribution >= 0.6 is 11.6 Å².